The molecule has 0 saturated carbocycles. The molecule has 0 unspecified atom stereocenters. The van der Waals surface area contributed by atoms with E-state index in [0.29, 0.717) is 0 Å². The Morgan fingerprint density at radius 1 is 1.21 bits per heavy atom. The molecule has 3 atom stereocenters. The number of aliphatic hydroxyl groups is 4. The predicted octanol–water partition coefficient (Wildman–Crippen LogP) is -2.25. The van der Waals surface area contributed by atoms with Gasteiger partial charge in [0.15, 0.2) is 0 Å². The van der Waals surface area contributed by atoms with Crippen molar-refractivity contribution in [3.05, 3.63) is 0 Å². The SMILES string of the molecule is O=C(O)OC[C@H](O)[C@@H](O)[C@H](O)CO.[Fe]. The average molecular weight is 252 g/mol. The molecule has 0 spiro atoms. The van der Waals surface area contributed by atoms with E-state index in [4.69, 9.17) is 25.5 Å². The minimum Gasteiger partial charge on any atom is -0.450 e. The second kappa shape index (κ2) is 7.98. The van der Waals surface area contributed by atoms with Crippen molar-refractivity contribution < 1.29 is 52.1 Å². The van der Waals surface area contributed by atoms with Crippen LogP contribution in [-0.2, 0) is 21.8 Å². The van der Waals surface area contributed by atoms with Crippen LogP contribution in [-0.4, -0.2) is 63.2 Å². The number of rotatable bonds is 5. The van der Waals surface area contributed by atoms with Crippen LogP contribution >= 0.6 is 0 Å². The van der Waals surface area contributed by atoms with Crippen molar-refractivity contribution in [1.82, 2.24) is 0 Å². The van der Waals surface area contributed by atoms with Gasteiger partial charge in [0.2, 0.25) is 0 Å². The molecular formula is C6H12FeO7. The molecule has 8 heteroatoms. The molecule has 0 aromatic heterocycles. The van der Waals surface area contributed by atoms with Gasteiger partial charge in [0.1, 0.15) is 24.9 Å². The van der Waals surface area contributed by atoms with Crippen LogP contribution in [0.3, 0.4) is 0 Å². The first kappa shape index (κ1) is 16.1. The fraction of sp³-hybridized carbons (Fsp3) is 0.833. The summed E-state index contributed by atoms with van der Waals surface area (Å²) in [6, 6.07) is 0. The first-order chi connectivity index (χ1) is 5.99. The maximum Gasteiger partial charge on any atom is 0.505 e. The number of ether oxygens (including phenoxy) is 1. The fourth-order valence-electron chi connectivity index (χ4n) is 0.620. The molecular weight excluding hydrogens is 240 g/mol. The Bertz CT molecular complexity index is 164. The van der Waals surface area contributed by atoms with E-state index in [2.05, 4.69) is 4.74 Å². The number of hydrogen-bond donors (Lipinski definition) is 5. The molecule has 0 aliphatic heterocycles. The molecule has 0 heterocycles. The van der Waals surface area contributed by atoms with Crippen molar-refractivity contribution in [2.45, 2.75) is 18.3 Å². The fourth-order valence-corrected chi connectivity index (χ4v) is 0.620. The Morgan fingerprint density at radius 3 is 2.07 bits per heavy atom. The van der Waals surface area contributed by atoms with Gasteiger partial charge in [0.25, 0.3) is 0 Å². The molecule has 0 aromatic carbocycles. The van der Waals surface area contributed by atoms with Gasteiger partial charge in [-0.05, 0) is 0 Å². The van der Waals surface area contributed by atoms with Crippen LogP contribution in [0.2, 0.25) is 0 Å². The third-order valence-electron chi connectivity index (χ3n) is 1.35. The van der Waals surface area contributed by atoms with Crippen LogP contribution in [0.25, 0.3) is 0 Å². The zero-order valence-corrected chi connectivity index (χ0v) is 8.16. The van der Waals surface area contributed by atoms with Gasteiger partial charge in [0, 0.05) is 17.1 Å². The molecule has 0 aliphatic rings. The predicted molar refractivity (Wildman–Crippen MR) is 39.1 cm³/mol. The Labute approximate surface area is 90.4 Å². The maximum atomic E-state index is 9.84. The van der Waals surface area contributed by atoms with Gasteiger partial charge in [-0.15, -0.1) is 0 Å². The number of hydrogen-bond acceptors (Lipinski definition) is 6. The Hall–Kier alpha value is -0.371. The molecule has 5 N–H and O–H groups in total. The smallest absolute Gasteiger partial charge is 0.450 e. The summed E-state index contributed by atoms with van der Waals surface area (Å²) in [4.78, 5) is 9.84. The first-order valence-corrected chi connectivity index (χ1v) is 3.49. The van der Waals surface area contributed by atoms with E-state index in [1.165, 1.54) is 0 Å². The van der Waals surface area contributed by atoms with Crippen LogP contribution in [0.5, 0.6) is 0 Å². The van der Waals surface area contributed by atoms with Crippen LogP contribution in [0.4, 0.5) is 4.79 Å². The minimum absolute atomic E-state index is 0. The maximum absolute atomic E-state index is 9.84. The topological polar surface area (TPSA) is 127 Å². The van der Waals surface area contributed by atoms with Crippen molar-refractivity contribution >= 4 is 6.16 Å². The van der Waals surface area contributed by atoms with E-state index in [-0.39, 0.29) is 17.1 Å². The summed E-state index contributed by atoms with van der Waals surface area (Å²) in [5, 5.41) is 43.1. The van der Waals surface area contributed by atoms with Crippen molar-refractivity contribution in [3.8, 4) is 0 Å². The summed E-state index contributed by atoms with van der Waals surface area (Å²) in [5.41, 5.74) is 0. The zero-order chi connectivity index (χ0) is 10.4. The van der Waals surface area contributed by atoms with Crippen molar-refractivity contribution in [3.63, 3.8) is 0 Å². The van der Waals surface area contributed by atoms with Gasteiger partial charge in [-0.25, -0.2) is 4.79 Å². The zero-order valence-electron chi connectivity index (χ0n) is 7.05. The van der Waals surface area contributed by atoms with Crippen LogP contribution in [0.15, 0.2) is 0 Å². The second-order valence-electron chi connectivity index (χ2n) is 2.38. The third-order valence-corrected chi connectivity index (χ3v) is 1.35. The summed E-state index contributed by atoms with van der Waals surface area (Å²) in [7, 11) is 0. The van der Waals surface area contributed by atoms with Gasteiger partial charge in [0.05, 0.1) is 6.61 Å². The molecule has 0 amide bonds. The third kappa shape index (κ3) is 6.14. The summed E-state index contributed by atoms with van der Waals surface area (Å²) < 4.78 is 3.93. The summed E-state index contributed by atoms with van der Waals surface area (Å²) in [5.74, 6) is 0. The van der Waals surface area contributed by atoms with Crippen LogP contribution < -0.4 is 0 Å². The van der Waals surface area contributed by atoms with Gasteiger partial charge >= 0.3 is 6.16 Å². The number of carbonyl (C=O) groups is 1. The molecule has 0 rings (SSSR count). The average Bonchev–Trinajstić information content (AvgIpc) is 2.11. The van der Waals surface area contributed by atoms with Crippen molar-refractivity contribution in [2.24, 2.45) is 0 Å². The molecule has 0 saturated heterocycles. The van der Waals surface area contributed by atoms with E-state index in [1.807, 2.05) is 0 Å². The summed E-state index contributed by atoms with van der Waals surface area (Å²) >= 11 is 0. The van der Waals surface area contributed by atoms with E-state index >= 15 is 0 Å². The Morgan fingerprint density at radius 2 is 1.71 bits per heavy atom. The van der Waals surface area contributed by atoms with Gasteiger partial charge in [-0.1, -0.05) is 0 Å². The van der Waals surface area contributed by atoms with Crippen LogP contribution in [0, 0.1) is 0 Å². The monoisotopic (exact) mass is 252 g/mol. The van der Waals surface area contributed by atoms with E-state index in [0.717, 1.165) is 0 Å². The molecule has 86 valence electrons. The summed E-state index contributed by atoms with van der Waals surface area (Å²) in [6.45, 7) is -1.39. The van der Waals surface area contributed by atoms with E-state index < -0.39 is 37.7 Å². The van der Waals surface area contributed by atoms with Crippen LogP contribution in [0.1, 0.15) is 0 Å². The molecule has 0 aliphatic carbocycles. The quantitative estimate of drug-likeness (QED) is 0.276. The largest absolute Gasteiger partial charge is 0.505 e. The van der Waals surface area contributed by atoms with E-state index in [9.17, 15) is 4.79 Å². The van der Waals surface area contributed by atoms with Gasteiger partial charge < -0.3 is 30.3 Å². The number of carboxylic acid groups (broad SMARTS) is 1. The number of aliphatic hydroxyl groups excluding tert-OH is 4. The molecule has 0 fully saturated rings. The van der Waals surface area contributed by atoms with Gasteiger partial charge in [-0.2, -0.15) is 0 Å². The normalized spacial score (nSPS) is 16.3. The minimum atomic E-state index is -1.63. The van der Waals surface area contributed by atoms with E-state index in [1.54, 1.807) is 0 Å². The second-order valence-corrected chi connectivity index (χ2v) is 2.38. The molecule has 7 nitrogen and oxygen atoms in total. The van der Waals surface area contributed by atoms with Crippen molar-refractivity contribution in [1.29, 1.82) is 0 Å². The summed E-state index contributed by atoms with van der Waals surface area (Å²) in [6.07, 6.45) is -6.31. The van der Waals surface area contributed by atoms with Crippen molar-refractivity contribution in [2.75, 3.05) is 13.2 Å². The molecule has 0 bridgehead atoms. The Kier molecular flexibility index (Phi) is 9.16. The molecule has 0 radical (unpaired) electrons. The molecule has 0 aromatic rings. The first-order valence-electron chi connectivity index (χ1n) is 3.49. The molecule has 14 heavy (non-hydrogen) atoms. The standard InChI is InChI=1S/C6H12O7.Fe/c7-1-3(8)5(10)4(9)2-13-6(11)12;/h3-5,7-10H,1-2H2,(H,11,12);/t3-,4+,5+;/m1./s1. The van der Waals surface area contributed by atoms with Gasteiger partial charge in [-0.3, -0.25) is 0 Å². The Balaban J connectivity index is 0.